The van der Waals surface area contributed by atoms with Crippen molar-refractivity contribution in [1.29, 1.82) is 0 Å². The number of rotatable bonds is 7. The molecule has 0 radical (unpaired) electrons. The normalized spacial score (nSPS) is 11.6. The Labute approximate surface area is 120 Å². The summed E-state index contributed by atoms with van der Waals surface area (Å²) in [6.07, 6.45) is 1.66. The number of ether oxygens (including phenoxy) is 1. The third-order valence-corrected chi connectivity index (χ3v) is 3.76. The Balaban J connectivity index is 2.40. The summed E-state index contributed by atoms with van der Waals surface area (Å²) in [7, 11) is -3.66. The summed E-state index contributed by atoms with van der Waals surface area (Å²) in [5.41, 5.74) is 0.873. The lowest BCUT2D eigenvalue weighted by molar-refractivity contribution is -0.143. The van der Waals surface area contributed by atoms with Gasteiger partial charge in [-0.05, 0) is 36.5 Å². The van der Waals surface area contributed by atoms with E-state index in [1.807, 2.05) is 0 Å². The van der Waals surface area contributed by atoms with Gasteiger partial charge in [0.25, 0.3) is 0 Å². The van der Waals surface area contributed by atoms with Gasteiger partial charge in [-0.25, -0.2) is 13.6 Å². The quantitative estimate of drug-likeness (QED) is 0.778. The van der Waals surface area contributed by atoms with Crippen LogP contribution in [0.25, 0.3) is 0 Å². The Hall–Kier alpha value is -1.40. The van der Waals surface area contributed by atoms with Crippen molar-refractivity contribution in [3.8, 4) is 0 Å². The van der Waals surface area contributed by atoms with Gasteiger partial charge in [-0.2, -0.15) is 0 Å². The summed E-state index contributed by atoms with van der Waals surface area (Å²) in [6, 6.07) is 6.19. The topological polar surface area (TPSA) is 86.5 Å². The Kier molecular flexibility index (Phi) is 6.16. The number of aryl methyl sites for hydroxylation is 1. The number of esters is 1. The zero-order chi connectivity index (χ0) is 15.2. The molecule has 1 aromatic carbocycles. The third kappa shape index (κ3) is 6.16. The molecule has 0 atom stereocenters. The van der Waals surface area contributed by atoms with E-state index in [4.69, 9.17) is 9.88 Å². The predicted octanol–water partition coefficient (Wildman–Crippen LogP) is 1.86. The molecule has 0 aliphatic rings. The highest BCUT2D eigenvalue weighted by Crippen LogP contribution is 2.10. The highest BCUT2D eigenvalue weighted by molar-refractivity contribution is 7.89. The first-order valence-corrected chi connectivity index (χ1v) is 8.11. The van der Waals surface area contributed by atoms with E-state index in [-0.39, 0.29) is 17.3 Å². The first kappa shape index (κ1) is 16.7. The van der Waals surface area contributed by atoms with Crippen LogP contribution in [0, 0.1) is 5.92 Å². The molecule has 0 aliphatic heterocycles. The predicted molar refractivity (Wildman–Crippen MR) is 76.6 cm³/mol. The van der Waals surface area contributed by atoms with Crippen LogP contribution < -0.4 is 5.14 Å². The summed E-state index contributed by atoms with van der Waals surface area (Å²) in [5.74, 6) is 0.273. The van der Waals surface area contributed by atoms with Crippen molar-refractivity contribution in [1.82, 2.24) is 0 Å². The number of carbonyl (C=O) groups is 1. The first-order valence-electron chi connectivity index (χ1n) is 6.56. The zero-order valence-corrected chi connectivity index (χ0v) is 12.7. The maximum absolute atomic E-state index is 11.5. The van der Waals surface area contributed by atoms with Gasteiger partial charge in [0.15, 0.2) is 0 Å². The molecule has 0 unspecified atom stereocenters. The molecule has 5 nitrogen and oxygen atoms in total. The number of hydrogen-bond acceptors (Lipinski definition) is 4. The zero-order valence-electron chi connectivity index (χ0n) is 11.8. The van der Waals surface area contributed by atoms with E-state index in [9.17, 15) is 13.2 Å². The van der Waals surface area contributed by atoms with Crippen molar-refractivity contribution in [2.75, 3.05) is 6.61 Å². The largest absolute Gasteiger partial charge is 0.466 e. The van der Waals surface area contributed by atoms with Gasteiger partial charge in [-0.1, -0.05) is 26.0 Å². The molecule has 1 aromatic rings. The van der Waals surface area contributed by atoms with Crippen LogP contribution in [0.2, 0.25) is 0 Å². The molecule has 6 heteroatoms. The number of sulfonamides is 1. The number of nitrogens with two attached hydrogens (primary N) is 1. The average Bonchev–Trinajstić information content (AvgIpc) is 2.35. The summed E-state index contributed by atoms with van der Waals surface area (Å²) < 4.78 is 27.3. The first-order chi connectivity index (χ1) is 9.29. The van der Waals surface area contributed by atoms with E-state index in [0.717, 1.165) is 12.0 Å². The Morgan fingerprint density at radius 3 is 2.35 bits per heavy atom. The molecule has 1 rings (SSSR count). The maximum Gasteiger partial charge on any atom is 0.306 e. The lowest BCUT2D eigenvalue weighted by atomic mass is 10.1. The fraction of sp³-hybridized carbons (Fsp3) is 0.500. The Morgan fingerprint density at radius 1 is 1.25 bits per heavy atom. The number of primary sulfonamides is 1. The van der Waals surface area contributed by atoms with Crippen molar-refractivity contribution in [3.63, 3.8) is 0 Å². The Morgan fingerprint density at radius 2 is 1.85 bits per heavy atom. The molecule has 2 N–H and O–H groups in total. The number of benzene rings is 1. The second kappa shape index (κ2) is 7.40. The standard InChI is InChI=1S/C14H21NO4S/c1-11(2)9-10-19-14(16)8-5-12-3-6-13(7-4-12)20(15,17)18/h3-4,6-7,11H,5,8-10H2,1-2H3,(H2,15,17,18). The highest BCUT2D eigenvalue weighted by atomic mass is 32.2. The lowest BCUT2D eigenvalue weighted by Gasteiger charge is -2.07. The molecule has 0 fully saturated rings. The molecule has 20 heavy (non-hydrogen) atoms. The second-order valence-electron chi connectivity index (χ2n) is 5.09. The molecule has 0 saturated heterocycles. The second-order valence-corrected chi connectivity index (χ2v) is 6.65. The molecule has 0 aromatic heterocycles. The van der Waals surface area contributed by atoms with Crippen LogP contribution in [-0.2, 0) is 26.0 Å². The van der Waals surface area contributed by atoms with Crippen molar-refractivity contribution in [2.45, 2.75) is 38.0 Å². The Bertz CT molecular complexity index is 535. The third-order valence-electron chi connectivity index (χ3n) is 2.83. The van der Waals surface area contributed by atoms with E-state index in [1.54, 1.807) is 12.1 Å². The fourth-order valence-electron chi connectivity index (χ4n) is 1.57. The van der Waals surface area contributed by atoms with Crippen molar-refractivity contribution >= 4 is 16.0 Å². The van der Waals surface area contributed by atoms with Gasteiger partial charge < -0.3 is 4.74 Å². The minimum atomic E-state index is -3.66. The minimum Gasteiger partial charge on any atom is -0.466 e. The van der Waals surface area contributed by atoms with Gasteiger partial charge in [-0.3, -0.25) is 4.79 Å². The van der Waals surface area contributed by atoms with Crippen LogP contribution in [0.1, 0.15) is 32.3 Å². The molecular formula is C14H21NO4S. The van der Waals surface area contributed by atoms with Gasteiger partial charge in [0, 0.05) is 6.42 Å². The van der Waals surface area contributed by atoms with Crippen LogP contribution in [0.5, 0.6) is 0 Å². The molecule has 112 valence electrons. The van der Waals surface area contributed by atoms with Crippen molar-refractivity contribution < 1.29 is 17.9 Å². The summed E-state index contributed by atoms with van der Waals surface area (Å²) in [6.45, 7) is 4.59. The van der Waals surface area contributed by atoms with Crippen LogP contribution >= 0.6 is 0 Å². The monoisotopic (exact) mass is 299 g/mol. The van der Waals surface area contributed by atoms with Gasteiger partial charge in [0.1, 0.15) is 0 Å². The molecule has 0 saturated carbocycles. The van der Waals surface area contributed by atoms with E-state index in [1.165, 1.54) is 12.1 Å². The number of carbonyl (C=O) groups excluding carboxylic acids is 1. The van der Waals surface area contributed by atoms with Gasteiger partial charge in [0.05, 0.1) is 11.5 Å². The average molecular weight is 299 g/mol. The van der Waals surface area contributed by atoms with E-state index < -0.39 is 10.0 Å². The van der Waals surface area contributed by atoms with Crippen LogP contribution in [-0.4, -0.2) is 21.0 Å². The molecule has 0 bridgehead atoms. The maximum atomic E-state index is 11.5. The van der Waals surface area contributed by atoms with Crippen molar-refractivity contribution in [2.24, 2.45) is 11.1 Å². The minimum absolute atomic E-state index is 0.0701. The van der Waals surface area contributed by atoms with Crippen LogP contribution in [0.15, 0.2) is 29.2 Å². The molecule has 0 heterocycles. The number of hydrogen-bond donors (Lipinski definition) is 1. The SMILES string of the molecule is CC(C)CCOC(=O)CCc1ccc(S(N)(=O)=O)cc1. The van der Waals surface area contributed by atoms with Gasteiger partial charge in [0.2, 0.25) is 10.0 Å². The smallest absolute Gasteiger partial charge is 0.306 e. The summed E-state index contributed by atoms with van der Waals surface area (Å²) >= 11 is 0. The highest BCUT2D eigenvalue weighted by Gasteiger charge is 2.08. The van der Waals surface area contributed by atoms with E-state index in [2.05, 4.69) is 13.8 Å². The summed E-state index contributed by atoms with van der Waals surface area (Å²) in [4.78, 5) is 11.6. The van der Waals surface area contributed by atoms with E-state index >= 15 is 0 Å². The fourth-order valence-corrected chi connectivity index (χ4v) is 2.09. The molecule has 0 spiro atoms. The van der Waals surface area contributed by atoms with Gasteiger partial charge in [-0.15, -0.1) is 0 Å². The van der Waals surface area contributed by atoms with Crippen LogP contribution in [0.4, 0.5) is 0 Å². The lowest BCUT2D eigenvalue weighted by Crippen LogP contribution is -2.12. The van der Waals surface area contributed by atoms with Crippen molar-refractivity contribution in [3.05, 3.63) is 29.8 Å². The van der Waals surface area contributed by atoms with Gasteiger partial charge >= 0.3 is 5.97 Å². The molecule has 0 aliphatic carbocycles. The molecule has 0 amide bonds. The molecular weight excluding hydrogens is 278 g/mol. The van der Waals surface area contributed by atoms with Crippen LogP contribution in [0.3, 0.4) is 0 Å². The van der Waals surface area contributed by atoms with E-state index in [0.29, 0.717) is 18.9 Å². The summed E-state index contributed by atoms with van der Waals surface area (Å²) in [5, 5.41) is 5.01.